The van der Waals surface area contributed by atoms with Crippen molar-refractivity contribution in [2.45, 2.75) is 46.2 Å². The van der Waals surface area contributed by atoms with E-state index in [-0.39, 0.29) is 0 Å². The molecule has 1 aromatic rings. The minimum absolute atomic E-state index is 0.411. The quantitative estimate of drug-likeness (QED) is 0.823. The lowest BCUT2D eigenvalue weighted by Gasteiger charge is -2.26. The highest BCUT2D eigenvalue weighted by atomic mass is 15.1. The van der Waals surface area contributed by atoms with Crippen LogP contribution < -0.4 is 10.2 Å². The van der Waals surface area contributed by atoms with Crippen LogP contribution in [0.1, 0.15) is 45.7 Å². The van der Waals surface area contributed by atoms with Crippen molar-refractivity contribution < 1.29 is 0 Å². The molecule has 1 N–H and O–H groups in total. The van der Waals surface area contributed by atoms with Crippen LogP contribution in [0.3, 0.4) is 0 Å². The van der Waals surface area contributed by atoms with Crippen molar-refractivity contribution in [1.29, 1.82) is 0 Å². The zero-order valence-corrected chi connectivity index (χ0v) is 12.7. The highest BCUT2D eigenvalue weighted by Crippen LogP contribution is 2.19. The average Bonchev–Trinajstić information content (AvgIpc) is 2.35. The van der Waals surface area contributed by atoms with Gasteiger partial charge in [0.15, 0.2) is 0 Å². The third kappa shape index (κ3) is 4.02. The molecule has 2 atom stereocenters. The lowest BCUT2D eigenvalue weighted by Crippen LogP contribution is -2.35. The van der Waals surface area contributed by atoms with Crippen LogP contribution in [0, 0.1) is 5.92 Å². The molecule has 0 saturated heterocycles. The Kier molecular flexibility index (Phi) is 5.67. The summed E-state index contributed by atoms with van der Waals surface area (Å²) in [5, 5.41) is 3.72. The number of hydrogen-bond acceptors (Lipinski definition) is 2. The second-order valence-electron chi connectivity index (χ2n) is 5.63. The Balaban J connectivity index is 2.69. The Bertz CT molecular complexity index is 341. The largest absolute Gasteiger partial charge is 0.378 e. The molecular formula is C16H28N2. The van der Waals surface area contributed by atoms with Gasteiger partial charge in [0.25, 0.3) is 0 Å². The molecule has 0 amide bonds. The summed E-state index contributed by atoms with van der Waals surface area (Å²) in [7, 11) is 4.14. The van der Waals surface area contributed by atoms with Crippen LogP contribution in [0.25, 0.3) is 0 Å². The van der Waals surface area contributed by atoms with Gasteiger partial charge >= 0.3 is 0 Å². The van der Waals surface area contributed by atoms with Crippen LogP contribution in [0.15, 0.2) is 24.3 Å². The van der Waals surface area contributed by atoms with Crippen molar-refractivity contribution in [3.05, 3.63) is 29.8 Å². The lowest BCUT2D eigenvalue weighted by molar-refractivity contribution is 0.356. The minimum Gasteiger partial charge on any atom is -0.378 e. The molecule has 0 heterocycles. The first kappa shape index (κ1) is 15.0. The van der Waals surface area contributed by atoms with Crippen LogP contribution in [0.5, 0.6) is 0 Å². The van der Waals surface area contributed by atoms with Gasteiger partial charge in [-0.15, -0.1) is 0 Å². The molecule has 0 aromatic heterocycles. The molecule has 2 heteroatoms. The van der Waals surface area contributed by atoms with Crippen LogP contribution in [-0.2, 0) is 0 Å². The van der Waals surface area contributed by atoms with E-state index in [9.17, 15) is 0 Å². The van der Waals surface area contributed by atoms with Gasteiger partial charge in [0.05, 0.1) is 0 Å². The maximum absolute atomic E-state index is 3.72. The van der Waals surface area contributed by atoms with Crippen LogP contribution >= 0.6 is 0 Å². The van der Waals surface area contributed by atoms with Gasteiger partial charge < -0.3 is 10.2 Å². The van der Waals surface area contributed by atoms with Gasteiger partial charge in [-0.1, -0.05) is 32.9 Å². The predicted molar refractivity (Wildman–Crippen MR) is 81.2 cm³/mol. The van der Waals surface area contributed by atoms with Crippen LogP contribution in [0.2, 0.25) is 0 Å². The van der Waals surface area contributed by atoms with Gasteiger partial charge in [-0.3, -0.25) is 0 Å². The SMILES string of the molecule is CCC(NC(C)c1ccc(N(C)C)cc1)C(C)C. The second kappa shape index (κ2) is 6.79. The van der Waals surface area contributed by atoms with E-state index < -0.39 is 0 Å². The second-order valence-corrected chi connectivity index (χ2v) is 5.63. The number of nitrogens with one attached hydrogen (secondary N) is 1. The third-order valence-electron chi connectivity index (χ3n) is 3.62. The Hall–Kier alpha value is -1.02. The van der Waals surface area contributed by atoms with Gasteiger partial charge in [0, 0.05) is 31.9 Å². The van der Waals surface area contributed by atoms with E-state index >= 15 is 0 Å². The highest BCUT2D eigenvalue weighted by Gasteiger charge is 2.14. The summed E-state index contributed by atoms with van der Waals surface area (Å²) in [4.78, 5) is 2.13. The fourth-order valence-electron chi connectivity index (χ4n) is 2.26. The fourth-order valence-corrected chi connectivity index (χ4v) is 2.26. The summed E-state index contributed by atoms with van der Waals surface area (Å²) < 4.78 is 0. The maximum atomic E-state index is 3.72. The number of anilines is 1. The monoisotopic (exact) mass is 248 g/mol. The summed E-state index contributed by atoms with van der Waals surface area (Å²) in [6.45, 7) is 9.06. The predicted octanol–water partition coefficient (Wildman–Crippen LogP) is 3.84. The molecule has 0 aliphatic heterocycles. The number of nitrogens with zero attached hydrogens (tertiary/aromatic N) is 1. The van der Waals surface area contributed by atoms with Crippen LogP contribution in [-0.4, -0.2) is 20.1 Å². The van der Waals surface area contributed by atoms with Crippen molar-refractivity contribution >= 4 is 5.69 Å². The molecule has 0 radical (unpaired) electrons. The number of hydrogen-bond donors (Lipinski definition) is 1. The molecule has 0 spiro atoms. The summed E-state index contributed by atoms with van der Waals surface area (Å²) in [6, 6.07) is 9.82. The van der Waals surface area contributed by atoms with Gasteiger partial charge in [-0.05, 0) is 37.0 Å². The number of benzene rings is 1. The molecule has 0 fully saturated rings. The fraction of sp³-hybridized carbons (Fsp3) is 0.625. The zero-order chi connectivity index (χ0) is 13.7. The van der Waals surface area contributed by atoms with Crippen molar-refractivity contribution in [2.75, 3.05) is 19.0 Å². The standard InChI is InChI=1S/C16H28N2/c1-7-16(12(2)3)17-13(4)14-8-10-15(11-9-14)18(5)6/h8-13,16-17H,7H2,1-6H3. The number of rotatable bonds is 6. The summed E-state index contributed by atoms with van der Waals surface area (Å²) >= 11 is 0. The highest BCUT2D eigenvalue weighted by molar-refractivity contribution is 5.46. The molecule has 0 bridgehead atoms. The van der Waals surface area contributed by atoms with E-state index in [1.807, 2.05) is 0 Å². The first-order chi connectivity index (χ1) is 8.45. The molecule has 0 aliphatic rings. The Morgan fingerprint density at radius 1 is 1.06 bits per heavy atom. The van der Waals surface area contributed by atoms with E-state index in [0.29, 0.717) is 18.0 Å². The molecule has 2 unspecified atom stereocenters. The molecule has 1 aromatic carbocycles. The first-order valence-corrected chi connectivity index (χ1v) is 6.99. The summed E-state index contributed by atoms with van der Waals surface area (Å²) in [6.07, 6.45) is 1.18. The molecule has 18 heavy (non-hydrogen) atoms. The van der Waals surface area contributed by atoms with Crippen molar-refractivity contribution in [2.24, 2.45) is 5.92 Å². The van der Waals surface area contributed by atoms with Crippen molar-refractivity contribution in [1.82, 2.24) is 5.32 Å². The van der Waals surface area contributed by atoms with Crippen molar-refractivity contribution in [3.63, 3.8) is 0 Å². The van der Waals surface area contributed by atoms with E-state index in [1.54, 1.807) is 0 Å². The van der Waals surface area contributed by atoms with Gasteiger partial charge in [-0.25, -0.2) is 0 Å². The molecule has 0 saturated carbocycles. The zero-order valence-electron chi connectivity index (χ0n) is 12.7. The minimum atomic E-state index is 0.411. The Morgan fingerprint density at radius 3 is 2.00 bits per heavy atom. The molecule has 2 nitrogen and oxygen atoms in total. The average molecular weight is 248 g/mol. The van der Waals surface area contributed by atoms with E-state index in [1.165, 1.54) is 17.7 Å². The molecular weight excluding hydrogens is 220 g/mol. The van der Waals surface area contributed by atoms with E-state index in [0.717, 1.165) is 0 Å². The molecule has 0 aliphatic carbocycles. The van der Waals surface area contributed by atoms with Crippen molar-refractivity contribution in [3.8, 4) is 0 Å². The molecule has 102 valence electrons. The smallest absolute Gasteiger partial charge is 0.0361 e. The molecule has 1 rings (SSSR count). The maximum Gasteiger partial charge on any atom is 0.0361 e. The van der Waals surface area contributed by atoms with Gasteiger partial charge in [0.1, 0.15) is 0 Å². The first-order valence-electron chi connectivity index (χ1n) is 6.99. The normalized spacial score (nSPS) is 14.6. The van der Waals surface area contributed by atoms with Crippen LogP contribution in [0.4, 0.5) is 5.69 Å². The lowest BCUT2D eigenvalue weighted by atomic mass is 9.99. The van der Waals surface area contributed by atoms with E-state index in [4.69, 9.17) is 0 Å². The Morgan fingerprint density at radius 2 is 1.61 bits per heavy atom. The third-order valence-corrected chi connectivity index (χ3v) is 3.62. The van der Waals surface area contributed by atoms with Gasteiger partial charge in [0.2, 0.25) is 0 Å². The summed E-state index contributed by atoms with van der Waals surface area (Å²) in [5.41, 5.74) is 2.61. The summed E-state index contributed by atoms with van der Waals surface area (Å²) in [5.74, 6) is 0.679. The van der Waals surface area contributed by atoms with Gasteiger partial charge in [-0.2, -0.15) is 0 Å². The van der Waals surface area contributed by atoms with E-state index in [2.05, 4.69) is 76.3 Å². The Labute approximate surface area is 112 Å². The topological polar surface area (TPSA) is 15.3 Å².